The minimum Gasteiger partial charge on any atom is -0.384 e. The van der Waals surface area contributed by atoms with Crippen LogP contribution in [0.4, 0.5) is 0 Å². The number of hydrogen-bond donors (Lipinski definition) is 2. The summed E-state index contributed by atoms with van der Waals surface area (Å²) in [6, 6.07) is 1.67. The van der Waals surface area contributed by atoms with E-state index in [1.54, 1.807) is 6.07 Å². The Morgan fingerprint density at radius 1 is 1.45 bits per heavy atom. The molecule has 0 radical (unpaired) electrons. The van der Waals surface area contributed by atoms with Crippen LogP contribution in [0.15, 0.2) is 6.07 Å². The zero-order valence-electron chi connectivity index (χ0n) is 10.7. The van der Waals surface area contributed by atoms with Crippen molar-refractivity contribution in [2.45, 2.75) is 6.92 Å². The molecule has 1 aromatic rings. The van der Waals surface area contributed by atoms with Crippen molar-refractivity contribution in [2.75, 3.05) is 19.7 Å². The van der Waals surface area contributed by atoms with Gasteiger partial charge in [0.05, 0.1) is 9.75 Å². The summed E-state index contributed by atoms with van der Waals surface area (Å²) in [5, 5.41) is 10.8. The van der Waals surface area contributed by atoms with Gasteiger partial charge in [-0.25, -0.2) is 0 Å². The molecule has 0 saturated carbocycles. The van der Waals surface area contributed by atoms with Gasteiger partial charge in [0.15, 0.2) is 0 Å². The van der Waals surface area contributed by atoms with E-state index in [1.165, 1.54) is 16.2 Å². The standard InChI is InChI=1S/C13H12N2O4S/c1-8-5-10(20-9(8)3-2-4-16)13(19)15-6-11(17)14-12(18)7-15/h5,16H,4,6-7H2,1H3,(H,14,17,18). The van der Waals surface area contributed by atoms with Crippen LogP contribution >= 0.6 is 11.3 Å². The number of rotatable bonds is 1. The van der Waals surface area contributed by atoms with Gasteiger partial charge in [0.25, 0.3) is 5.91 Å². The topological polar surface area (TPSA) is 86.7 Å². The quantitative estimate of drug-likeness (QED) is 0.539. The average molecular weight is 292 g/mol. The highest BCUT2D eigenvalue weighted by molar-refractivity contribution is 7.14. The largest absolute Gasteiger partial charge is 0.384 e. The van der Waals surface area contributed by atoms with Gasteiger partial charge in [-0.15, -0.1) is 11.3 Å². The van der Waals surface area contributed by atoms with Gasteiger partial charge < -0.3 is 10.0 Å². The van der Waals surface area contributed by atoms with E-state index in [9.17, 15) is 14.4 Å². The Labute approximate surface area is 119 Å². The summed E-state index contributed by atoms with van der Waals surface area (Å²) in [5.74, 6) is 3.96. The first-order valence-electron chi connectivity index (χ1n) is 5.83. The molecule has 2 N–H and O–H groups in total. The molecular formula is C13H12N2O4S. The number of aliphatic hydroxyl groups excluding tert-OH is 1. The highest BCUT2D eigenvalue weighted by atomic mass is 32.1. The second-order valence-electron chi connectivity index (χ2n) is 4.22. The average Bonchev–Trinajstić information content (AvgIpc) is 2.75. The van der Waals surface area contributed by atoms with Crippen LogP contribution in [0.5, 0.6) is 0 Å². The van der Waals surface area contributed by atoms with Crippen LogP contribution in [0.3, 0.4) is 0 Å². The minimum absolute atomic E-state index is 0.126. The number of nitrogens with one attached hydrogen (secondary N) is 1. The maximum Gasteiger partial charge on any atom is 0.264 e. The van der Waals surface area contributed by atoms with E-state index in [4.69, 9.17) is 5.11 Å². The lowest BCUT2D eigenvalue weighted by molar-refractivity contribution is -0.135. The zero-order valence-corrected chi connectivity index (χ0v) is 11.5. The summed E-state index contributed by atoms with van der Waals surface area (Å²) in [6.07, 6.45) is 0. The van der Waals surface area contributed by atoms with Gasteiger partial charge in [-0.3, -0.25) is 19.7 Å². The fourth-order valence-electron chi connectivity index (χ4n) is 1.77. The number of aliphatic hydroxyl groups is 1. The summed E-state index contributed by atoms with van der Waals surface area (Å²) in [5.41, 5.74) is 0.826. The second-order valence-corrected chi connectivity index (χ2v) is 5.27. The summed E-state index contributed by atoms with van der Waals surface area (Å²) in [4.78, 5) is 37.1. The molecule has 2 heterocycles. The highest BCUT2D eigenvalue weighted by Crippen LogP contribution is 2.22. The molecule has 1 aromatic heterocycles. The Bertz CT molecular complexity index is 623. The van der Waals surface area contributed by atoms with Crippen molar-refractivity contribution >= 4 is 29.1 Å². The predicted octanol–water partition coefficient (Wildman–Crippen LogP) is -0.501. The van der Waals surface area contributed by atoms with Gasteiger partial charge in [-0.2, -0.15) is 0 Å². The van der Waals surface area contributed by atoms with Crippen molar-refractivity contribution in [3.05, 3.63) is 21.4 Å². The third-order valence-corrected chi connectivity index (χ3v) is 3.79. The molecule has 0 spiro atoms. The van der Waals surface area contributed by atoms with Crippen molar-refractivity contribution < 1.29 is 19.5 Å². The molecule has 0 aromatic carbocycles. The third kappa shape index (κ3) is 3.04. The van der Waals surface area contributed by atoms with Crippen molar-refractivity contribution in [3.8, 4) is 11.8 Å². The van der Waals surface area contributed by atoms with Gasteiger partial charge in [-0.1, -0.05) is 11.8 Å². The van der Waals surface area contributed by atoms with Crippen LogP contribution in [0.2, 0.25) is 0 Å². The van der Waals surface area contributed by atoms with E-state index in [0.717, 1.165) is 5.56 Å². The fourth-order valence-corrected chi connectivity index (χ4v) is 2.78. The molecule has 1 aliphatic rings. The number of imide groups is 1. The number of nitrogens with zero attached hydrogens (tertiary/aromatic N) is 1. The number of carbonyl (C=O) groups excluding carboxylic acids is 3. The Morgan fingerprint density at radius 2 is 2.10 bits per heavy atom. The van der Waals surface area contributed by atoms with Crippen LogP contribution in [-0.2, 0) is 9.59 Å². The molecule has 0 unspecified atom stereocenters. The first-order chi connectivity index (χ1) is 9.51. The molecule has 0 atom stereocenters. The third-order valence-electron chi connectivity index (χ3n) is 2.64. The van der Waals surface area contributed by atoms with E-state index >= 15 is 0 Å². The van der Waals surface area contributed by atoms with Gasteiger partial charge in [0.2, 0.25) is 11.8 Å². The van der Waals surface area contributed by atoms with Crippen LogP contribution in [0.1, 0.15) is 20.1 Å². The van der Waals surface area contributed by atoms with Crippen LogP contribution < -0.4 is 5.32 Å². The number of piperazine rings is 1. The number of amides is 3. The molecule has 104 valence electrons. The summed E-state index contributed by atoms with van der Waals surface area (Å²) in [7, 11) is 0. The summed E-state index contributed by atoms with van der Waals surface area (Å²) >= 11 is 1.18. The molecule has 7 heteroatoms. The fraction of sp³-hybridized carbons (Fsp3) is 0.308. The first-order valence-corrected chi connectivity index (χ1v) is 6.65. The van der Waals surface area contributed by atoms with Crippen molar-refractivity contribution in [2.24, 2.45) is 0 Å². The van der Waals surface area contributed by atoms with Crippen LogP contribution in [-0.4, -0.2) is 47.4 Å². The SMILES string of the molecule is Cc1cc(C(=O)N2CC(=O)NC(=O)C2)sc1C#CCO. The molecule has 2 rings (SSSR count). The van der Waals surface area contributed by atoms with E-state index < -0.39 is 11.8 Å². The Morgan fingerprint density at radius 3 is 2.70 bits per heavy atom. The lowest BCUT2D eigenvalue weighted by Crippen LogP contribution is -2.53. The summed E-state index contributed by atoms with van der Waals surface area (Å²) in [6.45, 7) is 1.31. The molecule has 0 bridgehead atoms. The molecule has 0 aliphatic carbocycles. The van der Waals surface area contributed by atoms with Gasteiger partial charge in [0, 0.05) is 0 Å². The van der Waals surface area contributed by atoms with Gasteiger partial charge in [-0.05, 0) is 18.6 Å². The Hall–Kier alpha value is -2.17. The maximum atomic E-state index is 12.2. The number of thiophene rings is 1. The molecule has 1 saturated heterocycles. The van der Waals surface area contributed by atoms with Crippen LogP contribution in [0, 0.1) is 18.8 Å². The molecular weight excluding hydrogens is 280 g/mol. The first kappa shape index (κ1) is 14.2. The number of hydrogen-bond acceptors (Lipinski definition) is 5. The Balaban J connectivity index is 2.21. The number of carbonyl (C=O) groups is 3. The zero-order chi connectivity index (χ0) is 14.7. The minimum atomic E-state index is -0.483. The lowest BCUT2D eigenvalue weighted by Gasteiger charge is -2.24. The normalized spacial score (nSPS) is 14.6. The smallest absolute Gasteiger partial charge is 0.264 e. The number of aryl methyl sites for hydroxylation is 1. The van der Waals surface area contributed by atoms with E-state index in [-0.39, 0.29) is 25.6 Å². The van der Waals surface area contributed by atoms with Gasteiger partial charge in [0.1, 0.15) is 19.7 Å². The van der Waals surface area contributed by atoms with E-state index in [2.05, 4.69) is 17.2 Å². The van der Waals surface area contributed by atoms with E-state index in [1.807, 2.05) is 6.92 Å². The molecule has 20 heavy (non-hydrogen) atoms. The molecule has 1 fully saturated rings. The molecule has 3 amide bonds. The maximum absolute atomic E-state index is 12.2. The lowest BCUT2D eigenvalue weighted by atomic mass is 10.2. The highest BCUT2D eigenvalue weighted by Gasteiger charge is 2.28. The predicted molar refractivity (Wildman–Crippen MR) is 72.1 cm³/mol. The van der Waals surface area contributed by atoms with Crippen LogP contribution in [0.25, 0.3) is 0 Å². The molecule has 6 nitrogen and oxygen atoms in total. The summed E-state index contributed by atoms with van der Waals surface area (Å²) < 4.78 is 0. The van der Waals surface area contributed by atoms with Gasteiger partial charge >= 0.3 is 0 Å². The van der Waals surface area contributed by atoms with Crippen molar-refractivity contribution in [1.29, 1.82) is 0 Å². The monoisotopic (exact) mass is 292 g/mol. The van der Waals surface area contributed by atoms with E-state index in [0.29, 0.717) is 9.75 Å². The Kier molecular flexibility index (Phi) is 4.17. The molecule has 1 aliphatic heterocycles. The van der Waals surface area contributed by atoms with Crippen molar-refractivity contribution in [1.82, 2.24) is 10.2 Å². The second kappa shape index (κ2) is 5.86. The van der Waals surface area contributed by atoms with Crippen molar-refractivity contribution in [3.63, 3.8) is 0 Å².